The second kappa shape index (κ2) is 7.47. The van der Waals surface area contributed by atoms with Gasteiger partial charge in [-0.2, -0.15) is 13.2 Å². The first-order valence-corrected chi connectivity index (χ1v) is 8.12. The number of pyridine rings is 3. The van der Waals surface area contributed by atoms with E-state index in [1.165, 1.54) is 6.07 Å². The highest BCUT2D eigenvalue weighted by molar-refractivity contribution is 6.41. The molecule has 0 aliphatic heterocycles. The van der Waals surface area contributed by atoms with Gasteiger partial charge in [-0.05, 0) is 24.3 Å². The van der Waals surface area contributed by atoms with Crippen molar-refractivity contribution in [1.82, 2.24) is 15.0 Å². The molecule has 0 bridgehead atoms. The summed E-state index contributed by atoms with van der Waals surface area (Å²) in [7, 11) is 0. The van der Waals surface area contributed by atoms with Gasteiger partial charge in [-0.3, -0.25) is 9.97 Å². The van der Waals surface area contributed by atoms with Gasteiger partial charge in [0.1, 0.15) is 10.8 Å². The standard InChI is InChI=1S/C17H11Cl2F3N4/c18-14-5-11(8-26-16(14)19)10-1-2-13(24-7-10)9-25-12-3-4-23-15(6-12)17(20,21)22/h1-8H,9H2,(H,23,25). The van der Waals surface area contributed by atoms with Gasteiger partial charge in [0.05, 0.1) is 17.3 Å². The predicted molar refractivity (Wildman–Crippen MR) is 94.1 cm³/mol. The summed E-state index contributed by atoms with van der Waals surface area (Å²) in [5, 5.41) is 3.46. The highest BCUT2D eigenvalue weighted by atomic mass is 35.5. The Balaban J connectivity index is 1.69. The lowest BCUT2D eigenvalue weighted by atomic mass is 10.1. The summed E-state index contributed by atoms with van der Waals surface area (Å²) in [6.07, 6.45) is -0.158. The van der Waals surface area contributed by atoms with Crippen LogP contribution in [0, 0.1) is 0 Å². The minimum atomic E-state index is -4.48. The zero-order valence-electron chi connectivity index (χ0n) is 13.1. The lowest BCUT2D eigenvalue weighted by Crippen LogP contribution is -2.09. The molecule has 0 spiro atoms. The van der Waals surface area contributed by atoms with Crippen LogP contribution in [-0.2, 0) is 12.7 Å². The molecule has 9 heteroatoms. The molecule has 3 rings (SSSR count). The number of hydrogen-bond acceptors (Lipinski definition) is 4. The third-order valence-corrected chi connectivity index (χ3v) is 4.16. The van der Waals surface area contributed by atoms with Gasteiger partial charge in [-0.15, -0.1) is 0 Å². The number of halogens is 5. The van der Waals surface area contributed by atoms with Crippen molar-refractivity contribution in [2.75, 3.05) is 5.32 Å². The van der Waals surface area contributed by atoms with Gasteiger partial charge in [0.2, 0.25) is 0 Å². The fourth-order valence-electron chi connectivity index (χ4n) is 2.17. The molecule has 3 aromatic heterocycles. The zero-order chi connectivity index (χ0) is 18.7. The second-order valence-electron chi connectivity index (χ2n) is 5.32. The van der Waals surface area contributed by atoms with Crippen LogP contribution >= 0.6 is 23.2 Å². The lowest BCUT2D eigenvalue weighted by Gasteiger charge is -2.10. The minimum absolute atomic E-state index is 0.222. The van der Waals surface area contributed by atoms with Crippen molar-refractivity contribution in [3.05, 3.63) is 70.5 Å². The maximum Gasteiger partial charge on any atom is 0.433 e. The van der Waals surface area contributed by atoms with Gasteiger partial charge in [-0.1, -0.05) is 29.3 Å². The summed E-state index contributed by atoms with van der Waals surface area (Å²) in [5.74, 6) is 0. The van der Waals surface area contributed by atoms with Crippen LogP contribution < -0.4 is 5.32 Å². The van der Waals surface area contributed by atoms with E-state index in [0.29, 0.717) is 16.4 Å². The van der Waals surface area contributed by atoms with Gasteiger partial charge >= 0.3 is 6.18 Å². The highest BCUT2D eigenvalue weighted by Gasteiger charge is 2.32. The molecule has 3 heterocycles. The van der Waals surface area contributed by atoms with Crippen LogP contribution in [0.4, 0.5) is 18.9 Å². The SMILES string of the molecule is FC(F)(F)c1cc(NCc2ccc(-c3cnc(Cl)c(Cl)c3)cn2)ccn1. The number of rotatable bonds is 4. The summed E-state index contributed by atoms with van der Waals surface area (Å²) in [6.45, 7) is 0.265. The van der Waals surface area contributed by atoms with E-state index in [1.54, 1.807) is 24.5 Å². The van der Waals surface area contributed by atoms with Gasteiger partial charge in [-0.25, -0.2) is 4.98 Å². The number of alkyl halides is 3. The van der Waals surface area contributed by atoms with Gasteiger partial charge < -0.3 is 5.32 Å². The Morgan fingerprint density at radius 1 is 0.923 bits per heavy atom. The van der Waals surface area contributed by atoms with E-state index in [4.69, 9.17) is 23.2 Å². The molecule has 0 radical (unpaired) electrons. The van der Waals surface area contributed by atoms with E-state index in [0.717, 1.165) is 23.4 Å². The number of aromatic nitrogens is 3. The number of nitrogens with one attached hydrogen (secondary N) is 1. The van der Waals surface area contributed by atoms with Gasteiger partial charge in [0, 0.05) is 35.4 Å². The van der Waals surface area contributed by atoms with Crippen LogP contribution in [0.5, 0.6) is 0 Å². The van der Waals surface area contributed by atoms with Crippen LogP contribution in [0.15, 0.2) is 48.9 Å². The third-order valence-electron chi connectivity index (χ3n) is 3.48. The average Bonchev–Trinajstić information content (AvgIpc) is 2.62. The summed E-state index contributed by atoms with van der Waals surface area (Å²) < 4.78 is 38.0. The molecule has 0 unspecified atom stereocenters. The van der Waals surface area contributed by atoms with Crippen LogP contribution in [-0.4, -0.2) is 15.0 Å². The first-order chi connectivity index (χ1) is 12.3. The van der Waals surface area contributed by atoms with Crippen LogP contribution in [0.25, 0.3) is 11.1 Å². The molecule has 4 nitrogen and oxygen atoms in total. The average molecular weight is 399 g/mol. The normalized spacial score (nSPS) is 11.4. The summed E-state index contributed by atoms with van der Waals surface area (Å²) in [6, 6.07) is 7.68. The topological polar surface area (TPSA) is 50.7 Å². The fraction of sp³-hybridized carbons (Fsp3) is 0.118. The molecule has 1 N–H and O–H groups in total. The maximum atomic E-state index is 12.7. The van der Waals surface area contributed by atoms with E-state index in [-0.39, 0.29) is 11.7 Å². The summed E-state index contributed by atoms with van der Waals surface area (Å²) >= 11 is 11.7. The van der Waals surface area contributed by atoms with E-state index in [9.17, 15) is 13.2 Å². The Bertz CT molecular complexity index is 915. The van der Waals surface area contributed by atoms with Crippen molar-refractivity contribution in [1.29, 1.82) is 0 Å². The van der Waals surface area contributed by atoms with Crippen LogP contribution in [0.3, 0.4) is 0 Å². The van der Waals surface area contributed by atoms with Crippen molar-refractivity contribution in [2.24, 2.45) is 0 Å². The molecule has 0 aliphatic rings. The first kappa shape index (κ1) is 18.4. The molecule has 0 saturated heterocycles. The van der Waals surface area contributed by atoms with E-state index < -0.39 is 11.9 Å². The van der Waals surface area contributed by atoms with Crippen molar-refractivity contribution >= 4 is 28.9 Å². The number of nitrogens with zero attached hydrogens (tertiary/aromatic N) is 3. The first-order valence-electron chi connectivity index (χ1n) is 7.36. The molecule has 134 valence electrons. The number of hydrogen-bond donors (Lipinski definition) is 1. The molecule has 3 aromatic rings. The molecule has 0 aliphatic carbocycles. The Hall–Kier alpha value is -2.38. The predicted octanol–water partition coefficient (Wildman–Crippen LogP) is 5.48. The Morgan fingerprint density at radius 2 is 1.69 bits per heavy atom. The second-order valence-corrected chi connectivity index (χ2v) is 6.08. The lowest BCUT2D eigenvalue weighted by molar-refractivity contribution is -0.141. The van der Waals surface area contributed by atoms with Crippen molar-refractivity contribution in [2.45, 2.75) is 12.7 Å². The van der Waals surface area contributed by atoms with Crippen molar-refractivity contribution < 1.29 is 13.2 Å². The quantitative estimate of drug-likeness (QED) is 0.591. The molecule has 0 atom stereocenters. The highest BCUT2D eigenvalue weighted by Crippen LogP contribution is 2.29. The smallest absolute Gasteiger partial charge is 0.379 e. The molecule has 26 heavy (non-hydrogen) atoms. The molecule has 0 fully saturated rings. The van der Waals surface area contributed by atoms with E-state index >= 15 is 0 Å². The molecular weight excluding hydrogens is 388 g/mol. The Labute approximate surface area is 157 Å². The zero-order valence-corrected chi connectivity index (χ0v) is 14.6. The van der Waals surface area contributed by atoms with Crippen molar-refractivity contribution in [3.63, 3.8) is 0 Å². The van der Waals surface area contributed by atoms with Crippen molar-refractivity contribution in [3.8, 4) is 11.1 Å². The third kappa shape index (κ3) is 4.42. The largest absolute Gasteiger partial charge is 0.433 e. The molecule has 0 amide bonds. The van der Waals surface area contributed by atoms with E-state index in [2.05, 4.69) is 20.3 Å². The molecule has 0 aromatic carbocycles. The molecule has 0 saturated carbocycles. The summed E-state index contributed by atoms with van der Waals surface area (Å²) in [5.41, 5.74) is 1.58. The summed E-state index contributed by atoms with van der Waals surface area (Å²) in [4.78, 5) is 11.6. The molecular formula is C17H11Cl2F3N4. The maximum absolute atomic E-state index is 12.7. The van der Waals surface area contributed by atoms with Crippen LogP contribution in [0.1, 0.15) is 11.4 Å². The fourth-order valence-corrected chi connectivity index (χ4v) is 2.44. The van der Waals surface area contributed by atoms with Crippen LogP contribution in [0.2, 0.25) is 10.2 Å². The number of anilines is 1. The Kier molecular flexibility index (Phi) is 5.29. The van der Waals surface area contributed by atoms with E-state index in [1.807, 2.05) is 6.07 Å². The van der Waals surface area contributed by atoms with Gasteiger partial charge in [0.25, 0.3) is 0 Å². The van der Waals surface area contributed by atoms with Gasteiger partial charge in [0.15, 0.2) is 0 Å². The Morgan fingerprint density at radius 3 is 2.35 bits per heavy atom. The monoisotopic (exact) mass is 398 g/mol. The minimum Gasteiger partial charge on any atom is -0.379 e.